The van der Waals surface area contributed by atoms with Crippen LogP contribution in [0.3, 0.4) is 0 Å². The molecule has 7 aromatic carbocycles. The Hall–Kier alpha value is -5.58. The predicted molar refractivity (Wildman–Crippen MR) is 184 cm³/mol. The standard InChI is InChI=1S/C40H29BNO2/c43-41-44-40-27-26-38(35-18-10-11-19-36(35)40)42(34-23-20-31(21-24-34)29-12-4-1-5-13-29)39-25-22-33(30-14-6-2-7-15-30)28-37(39)32-16-8-3-9-17-32/h1-28,43H/i2D,3D,8D,9D,14D,15D,16D,17D. The third-order valence-electron chi connectivity index (χ3n) is 7.41. The van der Waals surface area contributed by atoms with Crippen molar-refractivity contribution in [3.8, 4) is 39.1 Å². The van der Waals surface area contributed by atoms with E-state index in [2.05, 4.69) is 0 Å². The summed E-state index contributed by atoms with van der Waals surface area (Å²) in [4.78, 5) is 1.93. The summed E-state index contributed by atoms with van der Waals surface area (Å²) < 4.78 is 74.1. The fourth-order valence-corrected chi connectivity index (χ4v) is 5.40. The maximum absolute atomic E-state index is 9.51. The van der Waals surface area contributed by atoms with E-state index in [1.807, 2.05) is 89.8 Å². The molecule has 0 aliphatic rings. The fraction of sp³-hybridized carbons (Fsp3) is 0. The van der Waals surface area contributed by atoms with Crippen LogP contribution in [0.1, 0.15) is 11.0 Å². The highest BCUT2D eigenvalue weighted by Gasteiger charge is 2.21. The number of benzene rings is 7. The van der Waals surface area contributed by atoms with Crippen LogP contribution < -0.4 is 9.55 Å². The van der Waals surface area contributed by atoms with Crippen LogP contribution in [0, 0.1) is 0 Å². The summed E-state index contributed by atoms with van der Waals surface area (Å²) in [6, 6.07) is 34.2. The van der Waals surface area contributed by atoms with Crippen LogP contribution in [0.25, 0.3) is 44.2 Å². The fourth-order valence-electron chi connectivity index (χ4n) is 5.40. The molecule has 0 amide bonds. The molecule has 209 valence electrons. The molecule has 44 heavy (non-hydrogen) atoms. The Bertz CT molecular complexity index is 2430. The summed E-state index contributed by atoms with van der Waals surface area (Å²) in [5, 5.41) is 10.9. The van der Waals surface area contributed by atoms with Crippen LogP contribution in [0.2, 0.25) is 0 Å². The highest BCUT2D eigenvalue weighted by atomic mass is 16.5. The first-order valence-electron chi connectivity index (χ1n) is 18.0. The Morgan fingerprint density at radius 1 is 0.523 bits per heavy atom. The molecule has 0 aromatic heterocycles. The molecule has 0 aliphatic heterocycles. The van der Waals surface area contributed by atoms with E-state index >= 15 is 0 Å². The van der Waals surface area contributed by atoms with Gasteiger partial charge in [0.05, 0.1) is 22.3 Å². The average Bonchev–Trinajstić information content (AvgIpc) is 3.15. The van der Waals surface area contributed by atoms with Gasteiger partial charge >= 0.3 is 7.69 Å². The van der Waals surface area contributed by atoms with Gasteiger partial charge in [-0.05, 0) is 64.2 Å². The smallest absolute Gasteiger partial charge is 0.537 e. The first-order valence-corrected chi connectivity index (χ1v) is 14.0. The highest BCUT2D eigenvalue weighted by Crippen LogP contribution is 2.46. The minimum atomic E-state index is -0.528. The van der Waals surface area contributed by atoms with Crippen LogP contribution in [0.15, 0.2) is 170 Å². The monoisotopic (exact) mass is 574 g/mol. The second kappa shape index (κ2) is 12.3. The zero-order chi connectivity index (χ0) is 36.7. The van der Waals surface area contributed by atoms with Gasteiger partial charge in [0.25, 0.3) is 0 Å². The largest absolute Gasteiger partial charge is 0.569 e. The van der Waals surface area contributed by atoms with Gasteiger partial charge in [0, 0.05) is 22.0 Å². The van der Waals surface area contributed by atoms with Gasteiger partial charge < -0.3 is 14.6 Å². The summed E-state index contributed by atoms with van der Waals surface area (Å²) in [5.74, 6) is 0.409. The van der Waals surface area contributed by atoms with Crippen molar-refractivity contribution in [2.45, 2.75) is 0 Å². The molecule has 0 fully saturated rings. The third-order valence-corrected chi connectivity index (χ3v) is 7.41. The number of rotatable bonds is 8. The molecule has 0 atom stereocenters. The minimum absolute atomic E-state index is 0.0180. The lowest BCUT2D eigenvalue weighted by Gasteiger charge is -2.30. The average molecular weight is 575 g/mol. The molecule has 0 aliphatic carbocycles. The van der Waals surface area contributed by atoms with Crippen molar-refractivity contribution in [1.29, 1.82) is 0 Å². The summed E-state index contributed by atoms with van der Waals surface area (Å²) in [5.41, 5.74) is 4.66. The van der Waals surface area contributed by atoms with Crippen molar-refractivity contribution in [2.75, 3.05) is 4.90 Å². The number of nitrogens with zero attached hydrogens (tertiary/aromatic N) is 1. The summed E-state index contributed by atoms with van der Waals surface area (Å²) >= 11 is 0. The van der Waals surface area contributed by atoms with Gasteiger partial charge in [-0.2, -0.15) is 0 Å². The molecule has 0 spiro atoms. The van der Waals surface area contributed by atoms with Gasteiger partial charge in [0.2, 0.25) is 0 Å². The second-order valence-electron chi connectivity index (χ2n) is 9.95. The predicted octanol–water partition coefficient (Wildman–Crippen LogP) is 10.2. The zero-order valence-electron chi connectivity index (χ0n) is 31.4. The van der Waals surface area contributed by atoms with E-state index in [0.29, 0.717) is 41.4 Å². The lowest BCUT2D eigenvalue weighted by atomic mass is 9.95. The van der Waals surface area contributed by atoms with Crippen molar-refractivity contribution < 1.29 is 20.6 Å². The van der Waals surface area contributed by atoms with Crippen molar-refractivity contribution >= 4 is 35.5 Å². The highest BCUT2D eigenvalue weighted by molar-refractivity contribution is 6.18. The molecule has 0 unspecified atom stereocenters. The van der Waals surface area contributed by atoms with Gasteiger partial charge in [-0.3, -0.25) is 0 Å². The van der Waals surface area contributed by atoms with Crippen LogP contribution in [-0.4, -0.2) is 12.7 Å². The van der Waals surface area contributed by atoms with E-state index < -0.39 is 30.2 Å². The van der Waals surface area contributed by atoms with E-state index in [1.165, 1.54) is 12.1 Å². The SMILES string of the molecule is [2H]c1cc([2H])c(-c2ccc(N(c3ccc(-c4ccccc4)cc3)c3ccc(O[B]O)c4ccccc34)c(-c3c([2H])c([2H])c([2H])c([2H])c3[2H])c2)c([2H])c1. The van der Waals surface area contributed by atoms with Gasteiger partial charge in [0.15, 0.2) is 0 Å². The molecule has 0 heterocycles. The second-order valence-corrected chi connectivity index (χ2v) is 9.95. The summed E-state index contributed by atoms with van der Waals surface area (Å²) in [6.45, 7) is 0. The van der Waals surface area contributed by atoms with E-state index in [4.69, 9.17) is 15.6 Å². The first-order chi connectivity index (χ1) is 25.1. The topological polar surface area (TPSA) is 32.7 Å². The summed E-state index contributed by atoms with van der Waals surface area (Å²) in [7, 11) is 0.616. The Labute approximate surface area is 269 Å². The lowest BCUT2D eigenvalue weighted by Crippen LogP contribution is -2.12. The van der Waals surface area contributed by atoms with Crippen molar-refractivity contribution in [2.24, 2.45) is 0 Å². The Balaban J connectivity index is 1.57. The molecule has 7 aromatic rings. The zero-order valence-corrected chi connectivity index (χ0v) is 23.4. The molecule has 1 N–H and O–H groups in total. The van der Waals surface area contributed by atoms with Gasteiger partial charge in [0.1, 0.15) is 5.75 Å². The lowest BCUT2D eigenvalue weighted by molar-refractivity contribution is 0.457. The Morgan fingerprint density at radius 2 is 1.18 bits per heavy atom. The van der Waals surface area contributed by atoms with Crippen LogP contribution in [-0.2, 0) is 0 Å². The van der Waals surface area contributed by atoms with E-state index in [9.17, 15) is 5.02 Å². The number of hydrogen-bond donors (Lipinski definition) is 1. The van der Waals surface area contributed by atoms with Crippen LogP contribution in [0.4, 0.5) is 17.1 Å². The molecule has 1 radical (unpaired) electrons. The summed E-state index contributed by atoms with van der Waals surface area (Å²) in [6.07, 6.45) is 0. The van der Waals surface area contributed by atoms with Gasteiger partial charge in [-0.25, -0.2) is 0 Å². The van der Waals surface area contributed by atoms with Gasteiger partial charge in [-0.15, -0.1) is 0 Å². The normalized spacial score (nSPS) is 13.4. The number of hydrogen-bond acceptors (Lipinski definition) is 3. The third kappa shape index (κ3) is 5.35. The van der Waals surface area contributed by atoms with E-state index in [-0.39, 0.29) is 34.8 Å². The molecular formula is C40H29BNO2. The quantitative estimate of drug-likeness (QED) is 0.183. The molecule has 0 saturated heterocycles. The van der Waals surface area contributed by atoms with Crippen molar-refractivity contribution in [3.63, 3.8) is 0 Å². The van der Waals surface area contributed by atoms with Crippen LogP contribution >= 0.6 is 0 Å². The maximum Gasteiger partial charge on any atom is 0.569 e. The first kappa shape index (κ1) is 19.6. The molecule has 4 heteroatoms. The Morgan fingerprint density at radius 3 is 1.93 bits per heavy atom. The minimum Gasteiger partial charge on any atom is -0.537 e. The maximum atomic E-state index is 9.51. The van der Waals surface area contributed by atoms with E-state index in [1.54, 1.807) is 24.3 Å². The van der Waals surface area contributed by atoms with E-state index in [0.717, 1.165) is 16.5 Å². The molecule has 0 bridgehead atoms. The molecule has 0 saturated carbocycles. The van der Waals surface area contributed by atoms with Gasteiger partial charge in [-0.1, -0.05) is 133 Å². The van der Waals surface area contributed by atoms with Crippen LogP contribution in [0.5, 0.6) is 5.75 Å². The molecule has 3 nitrogen and oxygen atoms in total. The molecular weight excluding hydrogens is 537 g/mol. The number of anilines is 3. The van der Waals surface area contributed by atoms with Crippen molar-refractivity contribution in [3.05, 3.63) is 170 Å². The number of fused-ring (bicyclic) bond motifs is 1. The van der Waals surface area contributed by atoms with Crippen molar-refractivity contribution in [1.82, 2.24) is 0 Å². The molecule has 7 rings (SSSR count). The Kier molecular flexibility index (Phi) is 5.49.